The van der Waals surface area contributed by atoms with Crippen LogP contribution in [0.3, 0.4) is 0 Å². The number of rotatable bonds is 8. The van der Waals surface area contributed by atoms with Crippen molar-refractivity contribution < 1.29 is 14.2 Å². The van der Waals surface area contributed by atoms with E-state index in [0.717, 1.165) is 47.6 Å². The van der Waals surface area contributed by atoms with Crippen molar-refractivity contribution >= 4 is 44.3 Å². The average Bonchev–Trinajstić information content (AvgIpc) is 2.92. The Bertz CT molecular complexity index is 1340. The molecule has 184 valence electrons. The third-order valence-electron chi connectivity index (χ3n) is 6.17. The molecule has 4 aromatic carbocycles. The summed E-state index contributed by atoms with van der Waals surface area (Å²) in [5.74, 6) is 1.38. The number of fused-ring (bicyclic) bond motifs is 1. The van der Waals surface area contributed by atoms with E-state index in [9.17, 15) is 0 Å². The fourth-order valence-corrected chi connectivity index (χ4v) is 4.93. The Balaban J connectivity index is 1.32. The Hall–Kier alpha value is -3.35. The minimum absolute atomic E-state index is 0.447. The van der Waals surface area contributed by atoms with Crippen molar-refractivity contribution in [2.24, 2.45) is 4.99 Å². The van der Waals surface area contributed by atoms with Crippen LogP contribution in [-0.2, 0) is 11.3 Å². The second-order valence-electron chi connectivity index (χ2n) is 8.56. The summed E-state index contributed by atoms with van der Waals surface area (Å²) in [7, 11) is 0. The maximum Gasteiger partial charge on any atom is 0.175 e. The van der Waals surface area contributed by atoms with Crippen LogP contribution in [0.5, 0.6) is 11.5 Å². The zero-order valence-corrected chi connectivity index (χ0v) is 21.9. The van der Waals surface area contributed by atoms with Gasteiger partial charge in [0.2, 0.25) is 0 Å². The second-order valence-corrected chi connectivity index (χ2v) is 9.42. The summed E-state index contributed by atoms with van der Waals surface area (Å²) in [6.07, 6.45) is 1.85. The van der Waals surface area contributed by atoms with Crippen molar-refractivity contribution in [2.45, 2.75) is 13.5 Å². The van der Waals surface area contributed by atoms with Crippen molar-refractivity contribution in [1.29, 1.82) is 0 Å². The van der Waals surface area contributed by atoms with Gasteiger partial charge in [0, 0.05) is 25.0 Å². The standard InChI is InChI=1S/C30H29BrN2O3/c1-2-35-29-19-22(20-32-25-10-12-26(13-11-25)33-14-16-34-17-15-33)18-28(31)30(29)36-21-24-8-5-7-23-6-3-4-9-27(23)24/h3-13,18-20H,2,14-17,21H2,1H3. The van der Waals surface area contributed by atoms with E-state index >= 15 is 0 Å². The minimum Gasteiger partial charge on any atom is -0.490 e. The quantitative estimate of drug-likeness (QED) is 0.220. The number of halogens is 1. The summed E-state index contributed by atoms with van der Waals surface area (Å²) >= 11 is 3.69. The van der Waals surface area contributed by atoms with E-state index in [2.05, 4.69) is 80.4 Å². The van der Waals surface area contributed by atoms with Crippen LogP contribution in [0.1, 0.15) is 18.1 Å². The molecule has 0 atom stereocenters. The van der Waals surface area contributed by atoms with E-state index in [0.29, 0.717) is 24.7 Å². The number of ether oxygens (including phenoxy) is 3. The number of hydrogen-bond donors (Lipinski definition) is 0. The molecule has 0 unspecified atom stereocenters. The van der Waals surface area contributed by atoms with Crippen LogP contribution in [0.25, 0.3) is 10.8 Å². The summed E-state index contributed by atoms with van der Waals surface area (Å²) < 4.78 is 18.5. The summed E-state index contributed by atoms with van der Waals surface area (Å²) in [5.41, 5.74) is 4.16. The summed E-state index contributed by atoms with van der Waals surface area (Å²) in [4.78, 5) is 7.01. The highest BCUT2D eigenvalue weighted by Gasteiger charge is 2.14. The number of nitrogens with zero attached hydrogens (tertiary/aromatic N) is 2. The molecule has 0 N–H and O–H groups in total. The fraction of sp³-hybridized carbons (Fsp3) is 0.233. The fourth-order valence-electron chi connectivity index (χ4n) is 4.35. The van der Waals surface area contributed by atoms with Gasteiger partial charge in [-0.05, 0) is 81.2 Å². The van der Waals surface area contributed by atoms with E-state index < -0.39 is 0 Å². The van der Waals surface area contributed by atoms with Gasteiger partial charge in [0.1, 0.15) is 6.61 Å². The van der Waals surface area contributed by atoms with Crippen LogP contribution in [0.2, 0.25) is 0 Å². The number of morpholine rings is 1. The molecule has 1 heterocycles. The van der Waals surface area contributed by atoms with Gasteiger partial charge in [0.15, 0.2) is 11.5 Å². The van der Waals surface area contributed by atoms with Gasteiger partial charge in [-0.15, -0.1) is 0 Å². The SMILES string of the molecule is CCOc1cc(C=Nc2ccc(N3CCOCC3)cc2)cc(Br)c1OCc1cccc2ccccc12. The molecule has 6 heteroatoms. The Morgan fingerprint density at radius 2 is 1.72 bits per heavy atom. The predicted molar refractivity (Wildman–Crippen MR) is 150 cm³/mol. The molecular formula is C30H29BrN2O3. The Labute approximate surface area is 220 Å². The zero-order chi connectivity index (χ0) is 24.7. The molecule has 1 aliphatic rings. The second kappa shape index (κ2) is 11.6. The number of anilines is 1. The largest absolute Gasteiger partial charge is 0.490 e. The van der Waals surface area contributed by atoms with Crippen molar-refractivity contribution in [3.63, 3.8) is 0 Å². The normalized spacial score (nSPS) is 13.9. The van der Waals surface area contributed by atoms with Gasteiger partial charge in [-0.2, -0.15) is 0 Å². The molecule has 36 heavy (non-hydrogen) atoms. The molecule has 0 bridgehead atoms. The summed E-state index contributed by atoms with van der Waals surface area (Å²) in [6.45, 7) is 6.36. The molecule has 4 aromatic rings. The maximum absolute atomic E-state index is 6.27. The molecule has 0 spiro atoms. The van der Waals surface area contributed by atoms with Crippen molar-refractivity contribution in [1.82, 2.24) is 0 Å². The first-order valence-electron chi connectivity index (χ1n) is 12.2. The maximum atomic E-state index is 6.27. The lowest BCUT2D eigenvalue weighted by Gasteiger charge is -2.28. The average molecular weight is 545 g/mol. The molecule has 0 aromatic heterocycles. The van der Waals surface area contributed by atoms with Crippen LogP contribution in [0.4, 0.5) is 11.4 Å². The van der Waals surface area contributed by atoms with Crippen molar-refractivity contribution in [2.75, 3.05) is 37.8 Å². The monoisotopic (exact) mass is 544 g/mol. The van der Waals surface area contributed by atoms with E-state index in [1.54, 1.807) is 0 Å². The van der Waals surface area contributed by atoms with Crippen molar-refractivity contribution in [3.8, 4) is 11.5 Å². The first-order valence-corrected chi connectivity index (χ1v) is 13.0. The van der Waals surface area contributed by atoms with Gasteiger partial charge in [-0.1, -0.05) is 42.5 Å². The third-order valence-corrected chi connectivity index (χ3v) is 6.76. The minimum atomic E-state index is 0.447. The van der Waals surface area contributed by atoms with Crippen LogP contribution >= 0.6 is 15.9 Å². The lowest BCUT2D eigenvalue weighted by atomic mass is 10.1. The van der Waals surface area contributed by atoms with E-state index in [1.807, 2.05) is 37.4 Å². The van der Waals surface area contributed by atoms with Gasteiger partial charge in [0.05, 0.1) is 30.0 Å². The highest BCUT2D eigenvalue weighted by atomic mass is 79.9. The first-order chi connectivity index (χ1) is 17.7. The highest BCUT2D eigenvalue weighted by molar-refractivity contribution is 9.10. The third kappa shape index (κ3) is 5.72. The van der Waals surface area contributed by atoms with Gasteiger partial charge in [-0.3, -0.25) is 4.99 Å². The van der Waals surface area contributed by atoms with E-state index in [1.165, 1.54) is 16.5 Å². The smallest absolute Gasteiger partial charge is 0.175 e. The molecule has 0 radical (unpaired) electrons. The molecule has 1 aliphatic heterocycles. The zero-order valence-electron chi connectivity index (χ0n) is 20.3. The lowest BCUT2D eigenvalue weighted by Crippen LogP contribution is -2.36. The Kier molecular flexibility index (Phi) is 7.84. The highest BCUT2D eigenvalue weighted by Crippen LogP contribution is 2.37. The molecule has 5 rings (SSSR count). The van der Waals surface area contributed by atoms with Crippen molar-refractivity contribution in [3.05, 3.63) is 94.5 Å². The molecule has 1 saturated heterocycles. The number of aliphatic imine (C=N–C) groups is 1. The van der Waals surface area contributed by atoms with Gasteiger partial charge in [-0.25, -0.2) is 0 Å². The van der Waals surface area contributed by atoms with E-state index in [4.69, 9.17) is 14.2 Å². The topological polar surface area (TPSA) is 43.3 Å². The van der Waals surface area contributed by atoms with Gasteiger partial charge >= 0.3 is 0 Å². The Morgan fingerprint density at radius 3 is 2.53 bits per heavy atom. The predicted octanol–water partition coefficient (Wildman–Crippen LogP) is 7.17. The number of hydrogen-bond acceptors (Lipinski definition) is 5. The van der Waals surface area contributed by atoms with Crippen LogP contribution in [-0.4, -0.2) is 39.1 Å². The van der Waals surface area contributed by atoms with Gasteiger partial charge in [0.25, 0.3) is 0 Å². The lowest BCUT2D eigenvalue weighted by molar-refractivity contribution is 0.122. The molecule has 0 aliphatic carbocycles. The van der Waals surface area contributed by atoms with E-state index in [-0.39, 0.29) is 0 Å². The molecule has 0 amide bonds. The molecule has 5 nitrogen and oxygen atoms in total. The van der Waals surface area contributed by atoms with Crippen LogP contribution in [0.15, 0.2) is 88.3 Å². The van der Waals surface area contributed by atoms with Gasteiger partial charge < -0.3 is 19.1 Å². The molecule has 0 saturated carbocycles. The first kappa shape index (κ1) is 24.3. The molecular weight excluding hydrogens is 516 g/mol. The summed E-state index contributed by atoms with van der Waals surface area (Å²) in [5, 5.41) is 2.39. The Morgan fingerprint density at radius 1 is 0.944 bits per heavy atom. The molecule has 1 fully saturated rings. The van der Waals surface area contributed by atoms with Crippen LogP contribution in [0, 0.1) is 0 Å². The number of benzene rings is 4. The summed E-state index contributed by atoms with van der Waals surface area (Å²) in [6, 6.07) is 26.9. The van der Waals surface area contributed by atoms with Crippen LogP contribution < -0.4 is 14.4 Å².